The number of halogens is 3. The molecule has 1 rings (SSSR count). The molecule has 16 heavy (non-hydrogen) atoms. The minimum absolute atomic E-state index is 0.181. The summed E-state index contributed by atoms with van der Waals surface area (Å²) >= 11 is 4.95. The van der Waals surface area contributed by atoms with Gasteiger partial charge in [0.2, 0.25) is 0 Å². The first-order valence-electron chi connectivity index (χ1n) is 4.43. The summed E-state index contributed by atoms with van der Waals surface area (Å²) in [4.78, 5) is 1.56. The fourth-order valence-corrected chi connectivity index (χ4v) is 1.23. The molecule has 0 aromatic carbocycles. The van der Waals surface area contributed by atoms with Crippen molar-refractivity contribution in [2.24, 2.45) is 5.73 Å². The Kier molecular flexibility index (Phi) is 3.87. The molecule has 0 bridgehead atoms. The first kappa shape index (κ1) is 12.9. The number of aromatic nitrogens is 2. The maximum absolute atomic E-state index is 12.3. The summed E-state index contributed by atoms with van der Waals surface area (Å²) in [7, 11) is 1.64. The summed E-state index contributed by atoms with van der Waals surface area (Å²) in [6.45, 7) is 0.823. The van der Waals surface area contributed by atoms with Gasteiger partial charge in [-0.1, -0.05) is 0 Å². The van der Waals surface area contributed by atoms with Gasteiger partial charge in [0.05, 0.1) is 11.8 Å². The van der Waals surface area contributed by atoms with Gasteiger partial charge >= 0.3 is 6.18 Å². The molecule has 1 aromatic rings. The molecule has 8 heteroatoms. The van der Waals surface area contributed by atoms with E-state index in [-0.39, 0.29) is 5.11 Å². The summed E-state index contributed by atoms with van der Waals surface area (Å²) in [6, 6.07) is 0. The van der Waals surface area contributed by atoms with Crippen molar-refractivity contribution in [2.75, 3.05) is 20.1 Å². The Labute approximate surface area is 95.8 Å². The highest BCUT2D eigenvalue weighted by Gasteiger charge is 2.32. The lowest BCUT2D eigenvalue weighted by molar-refractivity contribution is -0.137. The van der Waals surface area contributed by atoms with Crippen LogP contribution >= 0.6 is 12.2 Å². The minimum Gasteiger partial charge on any atom is -0.349 e. The van der Waals surface area contributed by atoms with E-state index in [2.05, 4.69) is 5.10 Å². The summed E-state index contributed by atoms with van der Waals surface area (Å²) in [5.41, 5.74) is 4.49. The second-order valence-electron chi connectivity index (χ2n) is 3.16. The van der Waals surface area contributed by atoms with E-state index in [0.717, 1.165) is 17.1 Å². The third-order valence-electron chi connectivity index (χ3n) is 1.90. The van der Waals surface area contributed by atoms with Crippen molar-refractivity contribution in [3.8, 4) is 0 Å². The minimum atomic E-state index is -4.40. The van der Waals surface area contributed by atoms with Gasteiger partial charge in [0.15, 0.2) is 5.11 Å². The topological polar surface area (TPSA) is 47.1 Å². The molecule has 0 aliphatic carbocycles. The predicted molar refractivity (Wildman–Crippen MR) is 56.9 cm³/mol. The second kappa shape index (κ2) is 4.79. The average Bonchev–Trinajstić information content (AvgIpc) is 2.65. The molecule has 1 heterocycles. The highest BCUT2D eigenvalue weighted by atomic mass is 32.1. The van der Waals surface area contributed by atoms with E-state index < -0.39 is 11.7 Å². The molecule has 4 nitrogen and oxygen atoms in total. The molecule has 0 aliphatic rings. The van der Waals surface area contributed by atoms with Crippen molar-refractivity contribution >= 4 is 17.3 Å². The zero-order valence-corrected chi connectivity index (χ0v) is 9.35. The first-order valence-corrected chi connectivity index (χ1v) is 4.84. The van der Waals surface area contributed by atoms with Crippen LogP contribution in [0.3, 0.4) is 0 Å². The number of alkyl halides is 3. The lowest BCUT2D eigenvalue weighted by Crippen LogP contribution is -2.35. The number of rotatable bonds is 2. The quantitative estimate of drug-likeness (QED) is 0.795. The Hall–Kier alpha value is -1.15. The van der Waals surface area contributed by atoms with Crippen molar-refractivity contribution in [1.29, 1.82) is 0 Å². The summed E-state index contributed by atoms with van der Waals surface area (Å²) in [5.74, 6) is 0. The van der Waals surface area contributed by atoms with Crippen molar-refractivity contribution in [2.45, 2.75) is 6.18 Å². The highest BCUT2D eigenvalue weighted by molar-refractivity contribution is 7.80. The van der Waals surface area contributed by atoms with Crippen LogP contribution in [-0.4, -0.2) is 39.9 Å². The molecular weight excluding hydrogens is 241 g/mol. The molecule has 0 spiro atoms. The van der Waals surface area contributed by atoms with Crippen molar-refractivity contribution in [3.05, 3.63) is 18.0 Å². The Morgan fingerprint density at radius 1 is 1.62 bits per heavy atom. The average molecular weight is 252 g/mol. The van der Waals surface area contributed by atoms with Gasteiger partial charge in [-0.2, -0.15) is 18.3 Å². The van der Waals surface area contributed by atoms with E-state index in [1.165, 1.54) is 0 Å². The second-order valence-corrected chi connectivity index (χ2v) is 3.53. The molecule has 0 amide bonds. The molecule has 1 aromatic heterocycles. The monoisotopic (exact) mass is 252 g/mol. The van der Waals surface area contributed by atoms with Crippen LogP contribution in [0.2, 0.25) is 0 Å². The van der Waals surface area contributed by atoms with Gasteiger partial charge in [-0.25, -0.2) is 4.68 Å². The lowest BCUT2D eigenvalue weighted by Gasteiger charge is -2.18. The lowest BCUT2D eigenvalue weighted by atomic mass is 10.4. The van der Waals surface area contributed by atoms with Crippen LogP contribution in [0.5, 0.6) is 0 Å². The van der Waals surface area contributed by atoms with E-state index in [1.54, 1.807) is 11.9 Å². The Bertz CT molecular complexity index is 374. The summed E-state index contributed by atoms with van der Waals surface area (Å²) < 4.78 is 37.9. The van der Waals surface area contributed by atoms with Crippen LogP contribution in [0.4, 0.5) is 13.2 Å². The fourth-order valence-electron chi connectivity index (χ4n) is 1.04. The van der Waals surface area contributed by atoms with Crippen LogP contribution in [0.25, 0.3) is 0 Å². The standard InChI is InChI=1S/C8H11F3N4S/c1-14(3-2-12)7(16)15-5-6(4-13-15)8(9,10)11/h4-5H,2-3,12H2,1H3. The van der Waals surface area contributed by atoms with Crippen LogP contribution in [0.1, 0.15) is 5.56 Å². The van der Waals surface area contributed by atoms with Crippen molar-refractivity contribution in [1.82, 2.24) is 14.7 Å². The van der Waals surface area contributed by atoms with E-state index in [0.29, 0.717) is 13.1 Å². The van der Waals surface area contributed by atoms with Gasteiger partial charge in [-0.15, -0.1) is 0 Å². The zero-order chi connectivity index (χ0) is 12.3. The van der Waals surface area contributed by atoms with Crippen molar-refractivity contribution < 1.29 is 13.2 Å². The molecule has 0 fully saturated rings. The van der Waals surface area contributed by atoms with Gasteiger partial charge in [-0.05, 0) is 12.2 Å². The summed E-state index contributed by atoms with van der Waals surface area (Å²) in [5, 5.41) is 3.74. The molecule has 0 unspecified atom stereocenters. The Balaban J connectivity index is 2.82. The largest absolute Gasteiger partial charge is 0.419 e. The van der Waals surface area contributed by atoms with Gasteiger partial charge in [-0.3, -0.25) is 0 Å². The molecule has 0 aliphatic heterocycles. The van der Waals surface area contributed by atoms with Gasteiger partial charge in [0, 0.05) is 26.3 Å². The predicted octanol–water partition coefficient (Wildman–Crippen LogP) is 0.925. The number of thiocarbonyl (C=S) groups is 1. The van der Waals surface area contributed by atoms with E-state index in [4.69, 9.17) is 18.0 Å². The number of hydrogen-bond acceptors (Lipinski definition) is 3. The van der Waals surface area contributed by atoms with Crippen LogP contribution in [0.15, 0.2) is 12.4 Å². The normalized spacial score (nSPS) is 11.6. The van der Waals surface area contributed by atoms with Gasteiger partial charge < -0.3 is 10.6 Å². The molecule has 0 saturated heterocycles. The van der Waals surface area contributed by atoms with E-state index in [9.17, 15) is 13.2 Å². The van der Waals surface area contributed by atoms with Crippen LogP contribution in [-0.2, 0) is 6.18 Å². The Morgan fingerprint density at radius 2 is 2.25 bits per heavy atom. The summed E-state index contributed by atoms with van der Waals surface area (Å²) in [6.07, 6.45) is -2.81. The van der Waals surface area contributed by atoms with Crippen LogP contribution < -0.4 is 5.73 Å². The maximum Gasteiger partial charge on any atom is 0.419 e. The zero-order valence-electron chi connectivity index (χ0n) is 8.53. The maximum atomic E-state index is 12.3. The fraction of sp³-hybridized carbons (Fsp3) is 0.500. The SMILES string of the molecule is CN(CCN)C(=S)n1cc(C(F)(F)F)cn1. The third-order valence-corrected chi connectivity index (χ3v) is 2.40. The molecule has 0 radical (unpaired) electrons. The highest BCUT2D eigenvalue weighted by Crippen LogP contribution is 2.28. The number of nitrogens with two attached hydrogens (primary N) is 1. The third kappa shape index (κ3) is 2.92. The van der Waals surface area contributed by atoms with Gasteiger partial charge in [0.1, 0.15) is 0 Å². The van der Waals surface area contributed by atoms with E-state index in [1.807, 2.05) is 0 Å². The first-order chi connectivity index (χ1) is 7.36. The Morgan fingerprint density at radius 3 is 2.69 bits per heavy atom. The number of hydrogen-bond donors (Lipinski definition) is 1. The molecule has 90 valence electrons. The van der Waals surface area contributed by atoms with Crippen molar-refractivity contribution in [3.63, 3.8) is 0 Å². The molecule has 0 atom stereocenters. The number of nitrogens with zero attached hydrogens (tertiary/aromatic N) is 3. The molecular formula is C8H11F3N4S. The van der Waals surface area contributed by atoms with Crippen LogP contribution in [0, 0.1) is 0 Å². The number of likely N-dealkylation sites (N-methyl/N-ethyl adjacent to an activating group) is 1. The van der Waals surface area contributed by atoms with Gasteiger partial charge in [0.25, 0.3) is 0 Å². The van der Waals surface area contributed by atoms with E-state index >= 15 is 0 Å². The molecule has 0 saturated carbocycles. The molecule has 2 N–H and O–H groups in total. The smallest absolute Gasteiger partial charge is 0.349 e.